The van der Waals surface area contributed by atoms with Crippen LogP contribution in [0.5, 0.6) is 0 Å². The molecule has 0 atom stereocenters. The number of unbranched alkanes of at least 4 members (excludes halogenated alkanes) is 2. The molecule has 11 heavy (non-hydrogen) atoms. The molecule has 0 spiro atoms. The van der Waals surface area contributed by atoms with E-state index in [2.05, 4.69) is 20.6 Å². The molecule has 1 rings (SSSR count). The van der Waals surface area contributed by atoms with Gasteiger partial charge in [-0.3, -0.25) is 0 Å². The number of hydrogen-bond donors (Lipinski definition) is 1. The fourth-order valence-corrected chi connectivity index (χ4v) is 0.856. The van der Waals surface area contributed by atoms with Gasteiger partial charge in [0, 0.05) is 6.42 Å². The van der Waals surface area contributed by atoms with Crippen molar-refractivity contribution in [3.8, 4) is 0 Å². The number of aromatic amines is 1. The number of aromatic nitrogens is 4. The lowest BCUT2D eigenvalue weighted by Gasteiger charge is -1.93. The van der Waals surface area contributed by atoms with Crippen LogP contribution in [-0.4, -0.2) is 27.2 Å². The van der Waals surface area contributed by atoms with Crippen LogP contribution >= 0.6 is 0 Å². The maximum absolute atomic E-state index is 10.0. The van der Waals surface area contributed by atoms with E-state index in [-0.39, 0.29) is 6.61 Å². The van der Waals surface area contributed by atoms with E-state index >= 15 is 0 Å². The third kappa shape index (κ3) is 3.08. The molecule has 1 N–H and O–H groups in total. The SMILES string of the molecule is [O]CCCCCc1nnn[nH]1. The van der Waals surface area contributed by atoms with Gasteiger partial charge in [0.05, 0.1) is 6.61 Å². The Labute approximate surface area is 64.8 Å². The maximum Gasteiger partial charge on any atom is 0.148 e. The zero-order valence-corrected chi connectivity index (χ0v) is 6.29. The molecule has 1 heterocycles. The van der Waals surface area contributed by atoms with Gasteiger partial charge in [0.2, 0.25) is 0 Å². The summed E-state index contributed by atoms with van der Waals surface area (Å²) in [6.07, 6.45) is 3.54. The van der Waals surface area contributed by atoms with E-state index in [4.69, 9.17) is 0 Å². The molecule has 61 valence electrons. The van der Waals surface area contributed by atoms with Gasteiger partial charge in [0.1, 0.15) is 5.82 Å². The third-order valence-corrected chi connectivity index (χ3v) is 1.45. The molecule has 0 bridgehead atoms. The van der Waals surface area contributed by atoms with E-state index in [1.807, 2.05) is 0 Å². The summed E-state index contributed by atoms with van der Waals surface area (Å²) in [6.45, 7) is 0.0225. The number of nitrogens with zero attached hydrogens (tertiary/aromatic N) is 3. The van der Waals surface area contributed by atoms with Crippen molar-refractivity contribution < 1.29 is 5.11 Å². The summed E-state index contributed by atoms with van der Waals surface area (Å²) in [5.41, 5.74) is 0. The van der Waals surface area contributed by atoms with E-state index in [1.165, 1.54) is 0 Å². The van der Waals surface area contributed by atoms with Gasteiger partial charge in [-0.15, -0.1) is 5.10 Å². The van der Waals surface area contributed by atoms with E-state index in [1.54, 1.807) is 0 Å². The standard InChI is InChI=1S/C6H11N4O/c11-5-3-1-2-4-6-7-9-10-8-6/h1-5H2,(H,7,8,9,10). The molecule has 0 aliphatic rings. The van der Waals surface area contributed by atoms with Gasteiger partial charge in [-0.25, -0.2) is 10.2 Å². The second kappa shape index (κ2) is 4.79. The summed E-state index contributed by atoms with van der Waals surface area (Å²) >= 11 is 0. The van der Waals surface area contributed by atoms with Crippen molar-refractivity contribution in [2.24, 2.45) is 0 Å². The Balaban J connectivity index is 2.04. The fraction of sp³-hybridized carbons (Fsp3) is 0.833. The van der Waals surface area contributed by atoms with Crippen LogP contribution in [0.2, 0.25) is 0 Å². The monoisotopic (exact) mass is 155 g/mol. The first-order chi connectivity index (χ1) is 5.43. The first kappa shape index (κ1) is 8.13. The molecule has 1 radical (unpaired) electrons. The Kier molecular flexibility index (Phi) is 3.54. The van der Waals surface area contributed by atoms with Crippen LogP contribution in [0.25, 0.3) is 0 Å². The molecule has 0 saturated carbocycles. The third-order valence-electron chi connectivity index (χ3n) is 1.45. The van der Waals surface area contributed by atoms with Gasteiger partial charge in [-0.1, -0.05) is 6.42 Å². The second-order valence-electron chi connectivity index (χ2n) is 2.36. The molecular formula is C6H11N4O. The molecule has 0 aromatic carbocycles. The van der Waals surface area contributed by atoms with Crippen molar-refractivity contribution in [3.63, 3.8) is 0 Å². The number of rotatable bonds is 5. The minimum atomic E-state index is 0.0225. The van der Waals surface area contributed by atoms with E-state index < -0.39 is 0 Å². The molecule has 0 aliphatic heterocycles. The second-order valence-corrected chi connectivity index (χ2v) is 2.36. The highest BCUT2D eigenvalue weighted by atomic mass is 16.2. The molecule has 0 fully saturated rings. The van der Waals surface area contributed by atoms with Gasteiger partial charge in [0.15, 0.2) is 0 Å². The van der Waals surface area contributed by atoms with Crippen LogP contribution in [0, 0.1) is 0 Å². The minimum absolute atomic E-state index is 0.0225. The summed E-state index contributed by atoms with van der Waals surface area (Å²) in [5, 5.41) is 23.3. The largest absolute Gasteiger partial charge is 0.243 e. The van der Waals surface area contributed by atoms with Crippen molar-refractivity contribution in [3.05, 3.63) is 5.82 Å². The van der Waals surface area contributed by atoms with Crippen molar-refractivity contribution in [1.29, 1.82) is 0 Å². The number of aryl methyl sites for hydroxylation is 1. The number of H-pyrrole nitrogens is 1. The highest BCUT2D eigenvalue weighted by Gasteiger charge is 1.95. The first-order valence-electron chi connectivity index (χ1n) is 3.74. The van der Waals surface area contributed by atoms with Crippen LogP contribution in [0.3, 0.4) is 0 Å². The lowest BCUT2D eigenvalue weighted by Crippen LogP contribution is -1.89. The molecule has 5 nitrogen and oxygen atoms in total. The van der Waals surface area contributed by atoms with Crippen molar-refractivity contribution in [2.75, 3.05) is 6.61 Å². The van der Waals surface area contributed by atoms with Gasteiger partial charge >= 0.3 is 0 Å². The van der Waals surface area contributed by atoms with Crippen molar-refractivity contribution in [2.45, 2.75) is 25.7 Å². The predicted molar refractivity (Wildman–Crippen MR) is 37.3 cm³/mol. The number of hydrogen-bond acceptors (Lipinski definition) is 3. The maximum atomic E-state index is 10.0. The molecule has 0 unspecified atom stereocenters. The van der Waals surface area contributed by atoms with E-state index in [0.717, 1.165) is 31.5 Å². The molecule has 1 aromatic rings. The predicted octanol–water partition coefficient (Wildman–Crippen LogP) is 0.343. The Morgan fingerprint density at radius 2 is 2.18 bits per heavy atom. The lowest BCUT2D eigenvalue weighted by molar-refractivity contribution is 0.186. The Bertz CT molecular complexity index is 175. The fourth-order valence-electron chi connectivity index (χ4n) is 0.856. The average molecular weight is 155 g/mol. The highest BCUT2D eigenvalue weighted by molar-refractivity contribution is 4.74. The Morgan fingerprint density at radius 1 is 1.27 bits per heavy atom. The van der Waals surface area contributed by atoms with Gasteiger partial charge in [-0.05, 0) is 23.3 Å². The molecule has 1 aromatic heterocycles. The highest BCUT2D eigenvalue weighted by Crippen LogP contribution is 1.99. The van der Waals surface area contributed by atoms with Gasteiger partial charge in [-0.2, -0.15) is 0 Å². The molecule has 0 amide bonds. The molecule has 5 heteroatoms. The molecule has 0 aliphatic carbocycles. The summed E-state index contributed by atoms with van der Waals surface area (Å²) in [7, 11) is 0. The summed E-state index contributed by atoms with van der Waals surface area (Å²) in [4.78, 5) is 0. The Hall–Kier alpha value is -0.970. The molecule has 0 saturated heterocycles. The summed E-state index contributed by atoms with van der Waals surface area (Å²) in [6, 6.07) is 0. The van der Waals surface area contributed by atoms with Crippen molar-refractivity contribution >= 4 is 0 Å². The van der Waals surface area contributed by atoms with Gasteiger partial charge in [0.25, 0.3) is 0 Å². The summed E-state index contributed by atoms with van der Waals surface area (Å²) < 4.78 is 0. The van der Waals surface area contributed by atoms with Crippen LogP contribution in [0.15, 0.2) is 0 Å². The van der Waals surface area contributed by atoms with Crippen LogP contribution in [0.4, 0.5) is 0 Å². The van der Waals surface area contributed by atoms with E-state index in [0.29, 0.717) is 0 Å². The molecular weight excluding hydrogens is 144 g/mol. The van der Waals surface area contributed by atoms with Crippen LogP contribution in [-0.2, 0) is 11.5 Å². The number of nitrogens with one attached hydrogen (secondary N) is 1. The lowest BCUT2D eigenvalue weighted by atomic mass is 10.2. The normalized spacial score (nSPS) is 10.3. The van der Waals surface area contributed by atoms with Crippen LogP contribution < -0.4 is 0 Å². The number of tetrazole rings is 1. The van der Waals surface area contributed by atoms with Crippen molar-refractivity contribution in [1.82, 2.24) is 20.6 Å². The van der Waals surface area contributed by atoms with E-state index in [9.17, 15) is 5.11 Å². The average Bonchev–Trinajstić information content (AvgIpc) is 2.50. The smallest absolute Gasteiger partial charge is 0.148 e. The summed E-state index contributed by atoms with van der Waals surface area (Å²) in [5.74, 6) is 0.802. The van der Waals surface area contributed by atoms with Gasteiger partial charge < -0.3 is 0 Å². The first-order valence-corrected chi connectivity index (χ1v) is 3.74. The zero-order chi connectivity index (χ0) is 7.94. The topological polar surface area (TPSA) is 74.4 Å². The minimum Gasteiger partial charge on any atom is -0.243 e. The zero-order valence-electron chi connectivity index (χ0n) is 6.29. The van der Waals surface area contributed by atoms with Crippen LogP contribution in [0.1, 0.15) is 25.1 Å². The Morgan fingerprint density at radius 3 is 2.82 bits per heavy atom. The quantitative estimate of drug-likeness (QED) is 0.623.